The highest BCUT2D eigenvalue weighted by Crippen LogP contribution is 2.30. The molecule has 3 aromatic carbocycles. The number of benzene rings is 3. The molecule has 0 spiro atoms. The van der Waals surface area contributed by atoms with Crippen LogP contribution in [0.15, 0.2) is 71.6 Å². The summed E-state index contributed by atoms with van der Waals surface area (Å²) in [6.07, 6.45) is 0.742. The maximum Gasteiger partial charge on any atom is 0.261 e. The maximum absolute atomic E-state index is 12.9. The topological polar surface area (TPSA) is 87.7 Å². The molecule has 0 amide bonds. The minimum atomic E-state index is -3.70. The summed E-state index contributed by atoms with van der Waals surface area (Å²) in [4.78, 5) is 0.217. The van der Waals surface area contributed by atoms with Crippen molar-refractivity contribution in [2.75, 3.05) is 17.8 Å². The number of aryl methyl sites for hydroxylation is 1. The quantitative estimate of drug-likeness (QED) is 0.361. The van der Waals surface area contributed by atoms with Gasteiger partial charge < -0.3 is 15.2 Å². The molecule has 3 aromatic rings. The van der Waals surface area contributed by atoms with Crippen molar-refractivity contribution in [1.82, 2.24) is 5.32 Å². The van der Waals surface area contributed by atoms with Gasteiger partial charge in [-0.25, -0.2) is 8.42 Å². The molecule has 4 rings (SSSR count). The Morgan fingerprint density at radius 3 is 2.54 bits per heavy atom. The molecule has 0 bridgehead atoms. The lowest BCUT2D eigenvalue weighted by Gasteiger charge is -2.27. The number of ether oxygens (including phenoxy) is 1. The number of rotatable bonds is 9. The summed E-state index contributed by atoms with van der Waals surface area (Å²) in [5.41, 5.74) is 3.33. The zero-order valence-corrected chi connectivity index (χ0v) is 21.4. The van der Waals surface area contributed by atoms with Crippen LogP contribution in [-0.4, -0.2) is 32.7 Å². The zero-order valence-electron chi connectivity index (χ0n) is 19.9. The SMILES string of the molecule is CC(C)c1ccc(NS(=O)(=O)c2ccc3c(c2)CCC(CNCC(O)c2cccc(Cl)c2)O3)cc1. The molecule has 0 saturated carbocycles. The molecule has 0 aliphatic carbocycles. The zero-order chi connectivity index (χ0) is 25.0. The van der Waals surface area contributed by atoms with E-state index >= 15 is 0 Å². The summed E-state index contributed by atoms with van der Waals surface area (Å²) in [7, 11) is -3.70. The molecular formula is C27H31ClN2O4S. The molecule has 8 heteroatoms. The van der Waals surface area contributed by atoms with E-state index in [1.807, 2.05) is 24.3 Å². The van der Waals surface area contributed by atoms with Gasteiger partial charge in [0.25, 0.3) is 10.0 Å². The van der Waals surface area contributed by atoms with Gasteiger partial charge in [0.15, 0.2) is 0 Å². The fourth-order valence-electron chi connectivity index (χ4n) is 4.09. The number of hydrogen-bond donors (Lipinski definition) is 3. The Balaban J connectivity index is 1.33. The van der Waals surface area contributed by atoms with E-state index in [0.29, 0.717) is 41.9 Å². The lowest BCUT2D eigenvalue weighted by Crippen LogP contribution is -2.36. The first-order valence-electron chi connectivity index (χ1n) is 11.8. The normalized spacial score (nSPS) is 16.4. The van der Waals surface area contributed by atoms with Crippen molar-refractivity contribution in [1.29, 1.82) is 0 Å². The third kappa shape index (κ3) is 6.55. The van der Waals surface area contributed by atoms with Crippen LogP contribution in [0.4, 0.5) is 5.69 Å². The molecule has 0 aromatic heterocycles. The highest BCUT2D eigenvalue weighted by atomic mass is 35.5. The van der Waals surface area contributed by atoms with Gasteiger partial charge in [-0.2, -0.15) is 0 Å². The van der Waals surface area contributed by atoms with E-state index in [1.54, 1.807) is 42.5 Å². The Morgan fingerprint density at radius 2 is 1.83 bits per heavy atom. The van der Waals surface area contributed by atoms with Gasteiger partial charge in [-0.1, -0.05) is 49.7 Å². The van der Waals surface area contributed by atoms with E-state index in [1.165, 1.54) is 0 Å². The monoisotopic (exact) mass is 514 g/mol. The van der Waals surface area contributed by atoms with Gasteiger partial charge >= 0.3 is 0 Å². The van der Waals surface area contributed by atoms with Crippen LogP contribution < -0.4 is 14.8 Å². The van der Waals surface area contributed by atoms with Crippen molar-refractivity contribution in [3.63, 3.8) is 0 Å². The van der Waals surface area contributed by atoms with E-state index in [4.69, 9.17) is 16.3 Å². The Labute approximate surface area is 212 Å². The van der Waals surface area contributed by atoms with Crippen LogP contribution in [0.25, 0.3) is 0 Å². The van der Waals surface area contributed by atoms with Crippen molar-refractivity contribution in [3.8, 4) is 5.75 Å². The molecule has 186 valence electrons. The number of anilines is 1. The molecule has 2 unspecified atom stereocenters. The summed E-state index contributed by atoms with van der Waals surface area (Å²) in [6.45, 7) is 5.15. The number of sulfonamides is 1. The molecular weight excluding hydrogens is 484 g/mol. The Morgan fingerprint density at radius 1 is 1.06 bits per heavy atom. The van der Waals surface area contributed by atoms with Gasteiger partial charge in [-0.3, -0.25) is 4.72 Å². The van der Waals surface area contributed by atoms with E-state index in [9.17, 15) is 13.5 Å². The first-order chi connectivity index (χ1) is 16.7. The van der Waals surface area contributed by atoms with E-state index < -0.39 is 16.1 Å². The van der Waals surface area contributed by atoms with Gasteiger partial charge in [-0.05, 0) is 77.9 Å². The van der Waals surface area contributed by atoms with Crippen LogP contribution >= 0.6 is 11.6 Å². The van der Waals surface area contributed by atoms with Gasteiger partial charge in [0.1, 0.15) is 11.9 Å². The minimum Gasteiger partial charge on any atom is -0.489 e. The van der Waals surface area contributed by atoms with Crippen molar-refractivity contribution in [2.45, 2.75) is 49.7 Å². The molecule has 0 saturated heterocycles. The summed E-state index contributed by atoms with van der Waals surface area (Å²) in [6, 6.07) is 19.6. The molecule has 0 fully saturated rings. The number of halogens is 1. The Kier molecular flexibility index (Phi) is 8.02. The van der Waals surface area contributed by atoms with Crippen LogP contribution in [0.5, 0.6) is 5.75 Å². The van der Waals surface area contributed by atoms with Gasteiger partial charge in [0.2, 0.25) is 0 Å². The largest absolute Gasteiger partial charge is 0.489 e. The molecule has 3 N–H and O–H groups in total. The first kappa shape index (κ1) is 25.5. The van der Waals surface area contributed by atoms with Crippen LogP contribution in [0.1, 0.15) is 49.0 Å². The Bertz CT molecular complexity index is 1260. The number of aliphatic hydroxyl groups is 1. The van der Waals surface area contributed by atoms with Crippen LogP contribution in [0.2, 0.25) is 5.02 Å². The molecule has 35 heavy (non-hydrogen) atoms. The third-order valence-corrected chi connectivity index (χ3v) is 7.76. The predicted octanol–water partition coefficient (Wildman–Crippen LogP) is 5.28. The summed E-state index contributed by atoms with van der Waals surface area (Å²) >= 11 is 6.00. The number of aliphatic hydroxyl groups excluding tert-OH is 1. The van der Waals surface area contributed by atoms with Crippen LogP contribution in [-0.2, 0) is 16.4 Å². The van der Waals surface area contributed by atoms with Crippen LogP contribution in [0, 0.1) is 0 Å². The second kappa shape index (κ2) is 11.0. The Hall–Kier alpha value is -2.58. The lowest BCUT2D eigenvalue weighted by atomic mass is 10.0. The van der Waals surface area contributed by atoms with Crippen molar-refractivity contribution >= 4 is 27.3 Å². The fourth-order valence-corrected chi connectivity index (χ4v) is 5.40. The molecule has 1 heterocycles. The first-order valence-corrected chi connectivity index (χ1v) is 13.6. The second-order valence-corrected chi connectivity index (χ2v) is 11.3. The number of fused-ring (bicyclic) bond motifs is 1. The van der Waals surface area contributed by atoms with E-state index in [2.05, 4.69) is 23.9 Å². The fraction of sp³-hybridized carbons (Fsp3) is 0.333. The third-order valence-electron chi connectivity index (χ3n) is 6.14. The van der Waals surface area contributed by atoms with E-state index in [0.717, 1.165) is 23.1 Å². The average Bonchev–Trinajstić information content (AvgIpc) is 2.83. The molecule has 2 atom stereocenters. The second-order valence-electron chi connectivity index (χ2n) is 9.16. The highest BCUT2D eigenvalue weighted by Gasteiger charge is 2.23. The van der Waals surface area contributed by atoms with Crippen molar-refractivity contribution in [3.05, 3.63) is 88.4 Å². The molecule has 6 nitrogen and oxygen atoms in total. The summed E-state index contributed by atoms with van der Waals surface area (Å²) in [5.74, 6) is 1.08. The molecule has 1 aliphatic rings. The number of nitrogens with one attached hydrogen (secondary N) is 2. The maximum atomic E-state index is 12.9. The van der Waals surface area contributed by atoms with E-state index in [-0.39, 0.29) is 11.0 Å². The van der Waals surface area contributed by atoms with Crippen molar-refractivity contribution in [2.24, 2.45) is 0 Å². The van der Waals surface area contributed by atoms with Gasteiger partial charge in [-0.15, -0.1) is 0 Å². The van der Waals surface area contributed by atoms with Gasteiger partial charge in [0, 0.05) is 23.8 Å². The predicted molar refractivity (Wildman–Crippen MR) is 140 cm³/mol. The minimum absolute atomic E-state index is 0.0610. The number of hydrogen-bond acceptors (Lipinski definition) is 5. The average molecular weight is 515 g/mol. The lowest BCUT2D eigenvalue weighted by molar-refractivity contribution is 0.146. The summed E-state index contributed by atoms with van der Waals surface area (Å²) in [5, 5.41) is 14.2. The standard InChI is InChI=1S/C27H31ClN2O4S/c1-18(2)19-6-9-23(10-7-19)30-35(32,33)25-12-13-27-21(15-25)8-11-24(34-27)16-29-17-26(31)20-4-3-5-22(28)14-20/h3-7,9-10,12-15,18,24,26,29-31H,8,11,16-17H2,1-2H3. The molecule has 0 radical (unpaired) electrons. The highest BCUT2D eigenvalue weighted by molar-refractivity contribution is 7.92. The molecule has 1 aliphatic heterocycles. The smallest absolute Gasteiger partial charge is 0.261 e. The summed E-state index contributed by atoms with van der Waals surface area (Å²) < 4.78 is 34.6. The van der Waals surface area contributed by atoms with Crippen molar-refractivity contribution < 1.29 is 18.3 Å². The van der Waals surface area contributed by atoms with Crippen LogP contribution in [0.3, 0.4) is 0 Å². The van der Waals surface area contributed by atoms with Gasteiger partial charge in [0.05, 0.1) is 11.0 Å².